The molecular weight excluding hydrogens is 265 g/mol. The molecule has 0 saturated carbocycles. The number of benzene rings is 1. The van der Waals surface area contributed by atoms with Gasteiger partial charge in [0, 0.05) is 12.1 Å². The number of nitrogens with two attached hydrogens (primary N) is 1. The fraction of sp³-hybridized carbons (Fsp3) is 0.231. The van der Waals surface area contributed by atoms with Gasteiger partial charge in [-0.3, -0.25) is 4.68 Å². The molecular formula is C13H14FN3OS. The van der Waals surface area contributed by atoms with Crippen LogP contribution in [0, 0.1) is 5.82 Å². The molecule has 2 aromatic rings. The van der Waals surface area contributed by atoms with Crippen LogP contribution < -0.4 is 10.5 Å². The zero-order chi connectivity index (χ0) is 13.8. The fourth-order valence-electron chi connectivity index (χ4n) is 1.61. The van der Waals surface area contributed by atoms with E-state index in [1.165, 1.54) is 12.1 Å². The van der Waals surface area contributed by atoms with Crippen LogP contribution in [-0.2, 0) is 6.54 Å². The monoisotopic (exact) mass is 279 g/mol. The third kappa shape index (κ3) is 3.29. The van der Waals surface area contributed by atoms with E-state index in [4.69, 9.17) is 22.7 Å². The smallest absolute Gasteiger partial charge is 0.166 e. The van der Waals surface area contributed by atoms with Crippen molar-refractivity contribution in [2.45, 2.75) is 19.9 Å². The van der Waals surface area contributed by atoms with Crippen LogP contribution in [0.15, 0.2) is 30.6 Å². The lowest BCUT2D eigenvalue weighted by Gasteiger charge is -2.05. The summed E-state index contributed by atoms with van der Waals surface area (Å²) in [5.41, 5.74) is 5.91. The number of rotatable bonds is 5. The van der Waals surface area contributed by atoms with Gasteiger partial charge in [0.25, 0.3) is 0 Å². The number of aryl methyl sites for hydroxylation is 1. The lowest BCUT2D eigenvalue weighted by molar-refractivity contribution is 0.441. The van der Waals surface area contributed by atoms with Gasteiger partial charge in [0.1, 0.15) is 4.99 Å². The predicted molar refractivity (Wildman–Crippen MR) is 74.9 cm³/mol. The molecule has 1 aromatic heterocycles. The topological polar surface area (TPSA) is 53.1 Å². The van der Waals surface area contributed by atoms with Gasteiger partial charge in [0.2, 0.25) is 0 Å². The summed E-state index contributed by atoms with van der Waals surface area (Å²) >= 11 is 4.78. The van der Waals surface area contributed by atoms with Crippen molar-refractivity contribution in [1.29, 1.82) is 0 Å². The summed E-state index contributed by atoms with van der Waals surface area (Å²) in [6, 6.07) is 4.38. The maximum absolute atomic E-state index is 13.8. The zero-order valence-electron chi connectivity index (χ0n) is 10.5. The van der Waals surface area contributed by atoms with E-state index in [9.17, 15) is 4.39 Å². The molecule has 0 radical (unpaired) electrons. The van der Waals surface area contributed by atoms with Crippen molar-refractivity contribution in [2.75, 3.05) is 0 Å². The molecule has 4 nitrogen and oxygen atoms in total. The van der Waals surface area contributed by atoms with Crippen LogP contribution in [0.2, 0.25) is 0 Å². The molecule has 0 spiro atoms. The van der Waals surface area contributed by atoms with Gasteiger partial charge >= 0.3 is 0 Å². The molecule has 19 heavy (non-hydrogen) atoms. The first-order chi connectivity index (χ1) is 9.10. The standard InChI is InChI=1S/C13H14FN3OS/c1-2-5-17-8-10(7-16-17)18-12-4-3-9(13(15)19)6-11(12)14/h3-4,6-8H,2,5H2,1H3,(H2,15,19). The molecule has 1 aromatic carbocycles. The Kier molecular flexibility index (Phi) is 4.11. The number of aromatic nitrogens is 2. The van der Waals surface area contributed by atoms with Gasteiger partial charge < -0.3 is 10.5 Å². The zero-order valence-corrected chi connectivity index (χ0v) is 11.3. The number of hydrogen-bond acceptors (Lipinski definition) is 3. The van der Waals surface area contributed by atoms with E-state index in [-0.39, 0.29) is 10.7 Å². The molecule has 2 N–H and O–H groups in total. The minimum Gasteiger partial charge on any atom is -0.451 e. The number of nitrogens with zero attached hydrogens (tertiary/aromatic N) is 2. The minimum atomic E-state index is -0.506. The van der Waals surface area contributed by atoms with Crippen molar-refractivity contribution in [3.8, 4) is 11.5 Å². The quantitative estimate of drug-likeness (QED) is 0.855. The Morgan fingerprint density at radius 3 is 2.95 bits per heavy atom. The molecule has 1 heterocycles. The molecule has 0 saturated heterocycles. The minimum absolute atomic E-state index is 0.121. The van der Waals surface area contributed by atoms with E-state index in [2.05, 4.69) is 12.0 Å². The summed E-state index contributed by atoms with van der Waals surface area (Å²) in [6.07, 6.45) is 4.25. The van der Waals surface area contributed by atoms with E-state index >= 15 is 0 Å². The summed E-state index contributed by atoms with van der Waals surface area (Å²) in [5, 5.41) is 4.11. The van der Waals surface area contributed by atoms with Crippen LogP contribution in [-0.4, -0.2) is 14.8 Å². The van der Waals surface area contributed by atoms with Gasteiger partial charge in [-0.25, -0.2) is 4.39 Å². The van der Waals surface area contributed by atoms with Gasteiger partial charge in [0.15, 0.2) is 17.3 Å². The van der Waals surface area contributed by atoms with Crippen molar-refractivity contribution < 1.29 is 9.13 Å². The summed E-state index contributed by atoms with van der Waals surface area (Å²) in [5.74, 6) is 0.111. The fourth-order valence-corrected chi connectivity index (χ4v) is 1.74. The van der Waals surface area contributed by atoms with E-state index in [0.29, 0.717) is 11.3 Å². The van der Waals surface area contributed by atoms with Gasteiger partial charge in [-0.05, 0) is 24.6 Å². The van der Waals surface area contributed by atoms with Gasteiger partial charge in [-0.2, -0.15) is 5.10 Å². The maximum Gasteiger partial charge on any atom is 0.166 e. The third-order valence-electron chi connectivity index (χ3n) is 2.51. The largest absolute Gasteiger partial charge is 0.451 e. The second-order valence-electron chi connectivity index (χ2n) is 4.05. The van der Waals surface area contributed by atoms with E-state index in [0.717, 1.165) is 13.0 Å². The van der Waals surface area contributed by atoms with E-state index in [1.54, 1.807) is 23.1 Å². The number of hydrogen-bond donors (Lipinski definition) is 1. The molecule has 0 atom stereocenters. The highest BCUT2D eigenvalue weighted by Gasteiger charge is 2.08. The molecule has 0 unspecified atom stereocenters. The van der Waals surface area contributed by atoms with Crippen LogP contribution in [0.5, 0.6) is 11.5 Å². The number of thiocarbonyl (C=S) groups is 1. The van der Waals surface area contributed by atoms with Crippen LogP contribution in [0.25, 0.3) is 0 Å². The van der Waals surface area contributed by atoms with Gasteiger partial charge in [0.05, 0.1) is 12.4 Å². The lowest BCUT2D eigenvalue weighted by Crippen LogP contribution is -2.09. The van der Waals surface area contributed by atoms with Crippen molar-refractivity contribution in [1.82, 2.24) is 9.78 Å². The van der Waals surface area contributed by atoms with Crippen molar-refractivity contribution in [3.63, 3.8) is 0 Å². The predicted octanol–water partition coefficient (Wildman–Crippen LogP) is 2.86. The van der Waals surface area contributed by atoms with Crippen molar-refractivity contribution >= 4 is 17.2 Å². The second-order valence-corrected chi connectivity index (χ2v) is 4.49. The molecule has 0 aliphatic rings. The molecule has 0 aliphatic carbocycles. The molecule has 6 heteroatoms. The highest BCUT2D eigenvalue weighted by atomic mass is 32.1. The van der Waals surface area contributed by atoms with Crippen molar-refractivity contribution in [2.24, 2.45) is 5.73 Å². The highest BCUT2D eigenvalue weighted by Crippen LogP contribution is 2.24. The number of ether oxygens (including phenoxy) is 1. The van der Waals surface area contributed by atoms with Gasteiger partial charge in [-0.15, -0.1) is 0 Å². The lowest BCUT2D eigenvalue weighted by atomic mass is 10.2. The maximum atomic E-state index is 13.8. The molecule has 100 valence electrons. The summed E-state index contributed by atoms with van der Waals surface area (Å²) < 4.78 is 21.0. The van der Waals surface area contributed by atoms with Crippen LogP contribution in [0.3, 0.4) is 0 Å². The second kappa shape index (κ2) is 5.79. The summed E-state index contributed by atoms with van der Waals surface area (Å²) in [7, 11) is 0. The Morgan fingerprint density at radius 1 is 1.53 bits per heavy atom. The molecule has 0 bridgehead atoms. The van der Waals surface area contributed by atoms with Crippen LogP contribution in [0.1, 0.15) is 18.9 Å². The van der Waals surface area contributed by atoms with Crippen molar-refractivity contribution in [3.05, 3.63) is 42.0 Å². The molecule has 0 aliphatic heterocycles. The van der Waals surface area contributed by atoms with E-state index < -0.39 is 5.82 Å². The third-order valence-corrected chi connectivity index (χ3v) is 2.74. The Morgan fingerprint density at radius 2 is 2.32 bits per heavy atom. The Labute approximate surface area is 116 Å². The van der Waals surface area contributed by atoms with Crippen LogP contribution >= 0.6 is 12.2 Å². The summed E-state index contributed by atoms with van der Waals surface area (Å²) in [6.45, 7) is 2.85. The molecule has 0 fully saturated rings. The van der Waals surface area contributed by atoms with Crippen LogP contribution in [0.4, 0.5) is 4.39 Å². The number of halogens is 1. The van der Waals surface area contributed by atoms with Gasteiger partial charge in [-0.1, -0.05) is 19.1 Å². The SMILES string of the molecule is CCCn1cc(Oc2ccc(C(N)=S)cc2F)cn1. The highest BCUT2D eigenvalue weighted by molar-refractivity contribution is 7.80. The Balaban J connectivity index is 2.16. The normalized spacial score (nSPS) is 10.4. The van der Waals surface area contributed by atoms with E-state index in [1.807, 2.05) is 0 Å². The Hall–Kier alpha value is -1.95. The summed E-state index contributed by atoms with van der Waals surface area (Å²) in [4.78, 5) is 0.154. The first-order valence-corrected chi connectivity index (χ1v) is 6.30. The first kappa shape index (κ1) is 13.5. The average Bonchev–Trinajstić information content (AvgIpc) is 2.79. The Bertz CT molecular complexity index is 597. The first-order valence-electron chi connectivity index (χ1n) is 5.90. The molecule has 0 amide bonds. The molecule has 2 rings (SSSR count). The average molecular weight is 279 g/mol.